The third-order valence-electron chi connectivity index (χ3n) is 6.11. The van der Waals surface area contributed by atoms with Gasteiger partial charge in [-0.2, -0.15) is 4.98 Å². The van der Waals surface area contributed by atoms with E-state index in [-0.39, 0.29) is 0 Å². The van der Waals surface area contributed by atoms with Gasteiger partial charge in [-0.3, -0.25) is 4.57 Å². The maximum Gasteiger partial charge on any atom is 0.224 e. The summed E-state index contributed by atoms with van der Waals surface area (Å²) < 4.78 is 12.9. The highest BCUT2D eigenvalue weighted by atomic mass is 16.5. The van der Waals surface area contributed by atoms with Crippen molar-refractivity contribution in [2.75, 3.05) is 25.6 Å². The summed E-state index contributed by atoms with van der Waals surface area (Å²) in [6, 6.07) is 20.2. The summed E-state index contributed by atoms with van der Waals surface area (Å²) in [5.74, 6) is 2.78. The number of imidazole rings is 1. The molecule has 0 aliphatic carbocycles. The Morgan fingerprint density at radius 2 is 1.82 bits per heavy atom. The van der Waals surface area contributed by atoms with E-state index in [2.05, 4.69) is 22.4 Å². The minimum atomic E-state index is 0.300. The Labute approximate surface area is 196 Å². The van der Waals surface area contributed by atoms with Gasteiger partial charge in [0.25, 0.3) is 0 Å². The number of fused-ring (bicyclic) bond motifs is 2. The van der Waals surface area contributed by atoms with Gasteiger partial charge in [0, 0.05) is 36.9 Å². The molecule has 1 N–H and O–H groups in total. The molecule has 0 atom stereocenters. The van der Waals surface area contributed by atoms with Crippen LogP contribution in [-0.4, -0.2) is 50.9 Å². The lowest BCUT2D eigenvalue weighted by atomic mass is 10.1. The van der Waals surface area contributed by atoms with E-state index in [9.17, 15) is 0 Å². The maximum absolute atomic E-state index is 5.47. The van der Waals surface area contributed by atoms with Crippen molar-refractivity contribution in [2.24, 2.45) is 0 Å². The number of para-hydroxylation sites is 1. The highest BCUT2D eigenvalue weighted by molar-refractivity contribution is 5.86. The molecule has 0 bridgehead atoms. The Hall–Kier alpha value is -4.04. The fourth-order valence-corrected chi connectivity index (χ4v) is 4.35. The van der Waals surface area contributed by atoms with Crippen LogP contribution < -0.4 is 10.1 Å². The molecule has 3 aromatic heterocycles. The van der Waals surface area contributed by atoms with Gasteiger partial charge in [-0.05, 0) is 43.2 Å². The Kier molecular flexibility index (Phi) is 5.27. The summed E-state index contributed by atoms with van der Waals surface area (Å²) in [5.41, 5.74) is 3.41. The molecule has 0 saturated carbocycles. The number of pyridine rings is 1. The number of ether oxygens (including phenoxy) is 2. The molecule has 0 amide bonds. The third kappa shape index (κ3) is 3.82. The summed E-state index contributed by atoms with van der Waals surface area (Å²) in [6.07, 6.45) is 3.65. The highest BCUT2D eigenvalue weighted by Gasteiger charge is 2.19. The Balaban J connectivity index is 1.49. The molecule has 1 aliphatic heterocycles. The van der Waals surface area contributed by atoms with E-state index in [0.29, 0.717) is 17.8 Å². The first-order valence-electron chi connectivity index (χ1n) is 11.4. The second-order valence-corrected chi connectivity index (χ2v) is 8.28. The van der Waals surface area contributed by atoms with E-state index in [1.807, 2.05) is 53.1 Å². The molecule has 6 rings (SSSR count). The van der Waals surface area contributed by atoms with Gasteiger partial charge in [0.05, 0.1) is 23.7 Å². The number of aromatic nitrogens is 5. The fraction of sp³-hybridized carbons (Fsp3) is 0.231. The van der Waals surface area contributed by atoms with Gasteiger partial charge in [-0.1, -0.05) is 24.3 Å². The van der Waals surface area contributed by atoms with Gasteiger partial charge in [0.15, 0.2) is 5.82 Å². The van der Waals surface area contributed by atoms with E-state index < -0.39 is 0 Å². The standard InChI is InChI=1S/C26H24N6O2/c1-33-19-7-9-23-22(16-19)30-25(21-8-6-17-4-2-3-5-20(17)29-21)32(23)24-10-13-27-26(31-24)28-18-11-14-34-15-12-18/h2-10,13,16,18H,11-12,14-15H2,1H3,(H,27,28,31). The molecule has 1 fully saturated rings. The first-order valence-corrected chi connectivity index (χ1v) is 11.4. The normalized spacial score (nSPS) is 14.5. The quantitative estimate of drug-likeness (QED) is 0.416. The summed E-state index contributed by atoms with van der Waals surface area (Å²) in [7, 11) is 1.66. The average Bonchev–Trinajstić information content (AvgIpc) is 3.28. The minimum absolute atomic E-state index is 0.300. The Morgan fingerprint density at radius 3 is 2.71 bits per heavy atom. The van der Waals surface area contributed by atoms with Crippen LogP contribution in [0.5, 0.6) is 5.75 Å². The van der Waals surface area contributed by atoms with Gasteiger partial charge in [-0.15, -0.1) is 0 Å². The number of hydrogen-bond donors (Lipinski definition) is 1. The van der Waals surface area contributed by atoms with Crippen LogP contribution in [0.25, 0.3) is 39.3 Å². The number of benzene rings is 2. The highest BCUT2D eigenvalue weighted by Crippen LogP contribution is 2.30. The van der Waals surface area contributed by atoms with E-state index in [4.69, 9.17) is 24.4 Å². The van der Waals surface area contributed by atoms with Crippen LogP contribution in [0.15, 0.2) is 66.9 Å². The smallest absolute Gasteiger partial charge is 0.224 e. The van der Waals surface area contributed by atoms with Crippen LogP contribution in [-0.2, 0) is 4.74 Å². The molecule has 8 heteroatoms. The Bertz CT molecular complexity index is 1480. The molecule has 34 heavy (non-hydrogen) atoms. The number of hydrogen-bond acceptors (Lipinski definition) is 7. The molecule has 4 heterocycles. The largest absolute Gasteiger partial charge is 0.497 e. The van der Waals surface area contributed by atoms with Crippen molar-refractivity contribution in [1.82, 2.24) is 24.5 Å². The molecule has 0 unspecified atom stereocenters. The zero-order valence-corrected chi connectivity index (χ0v) is 18.8. The third-order valence-corrected chi connectivity index (χ3v) is 6.11. The van der Waals surface area contributed by atoms with Gasteiger partial charge >= 0.3 is 0 Å². The number of rotatable bonds is 5. The average molecular weight is 453 g/mol. The second-order valence-electron chi connectivity index (χ2n) is 8.28. The van der Waals surface area contributed by atoms with Crippen molar-refractivity contribution in [2.45, 2.75) is 18.9 Å². The molecular formula is C26H24N6O2. The lowest BCUT2D eigenvalue weighted by molar-refractivity contribution is 0.0903. The number of nitrogens with zero attached hydrogens (tertiary/aromatic N) is 5. The van der Waals surface area contributed by atoms with Crippen LogP contribution in [0, 0.1) is 0 Å². The molecule has 1 aliphatic rings. The Morgan fingerprint density at radius 1 is 0.941 bits per heavy atom. The first-order chi connectivity index (χ1) is 16.8. The van der Waals surface area contributed by atoms with Crippen molar-refractivity contribution in [1.29, 1.82) is 0 Å². The number of nitrogens with one attached hydrogen (secondary N) is 1. The van der Waals surface area contributed by atoms with Crippen molar-refractivity contribution in [3.05, 3.63) is 66.9 Å². The topological polar surface area (TPSA) is 87.0 Å². The van der Waals surface area contributed by atoms with Crippen molar-refractivity contribution in [3.63, 3.8) is 0 Å². The van der Waals surface area contributed by atoms with Crippen LogP contribution >= 0.6 is 0 Å². The molecular weight excluding hydrogens is 428 g/mol. The molecule has 170 valence electrons. The van der Waals surface area contributed by atoms with Crippen LogP contribution in [0.3, 0.4) is 0 Å². The zero-order chi connectivity index (χ0) is 22.9. The fourth-order valence-electron chi connectivity index (χ4n) is 4.35. The van der Waals surface area contributed by atoms with Crippen LogP contribution in [0.1, 0.15) is 12.8 Å². The SMILES string of the molecule is COc1ccc2c(c1)nc(-c1ccc3ccccc3n1)n2-c1ccnc(NC2CCOCC2)n1. The number of anilines is 1. The number of methoxy groups -OCH3 is 1. The predicted molar refractivity (Wildman–Crippen MR) is 131 cm³/mol. The van der Waals surface area contributed by atoms with E-state index >= 15 is 0 Å². The summed E-state index contributed by atoms with van der Waals surface area (Å²) in [5, 5.41) is 4.55. The van der Waals surface area contributed by atoms with E-state index in [0.717, 1.165) is 65.3 Å². The molecule has 0 radical (unpaired) electrons. The van der Waals surface area contributed by atoms with Gasteiger partial charge in [-0.25, -0.2) is 15.0 Å². The van der Waals surface area contributed by atoms with Gasteiger partial charge in [0.2, 0.25) is 5.95 Å². The summed E-state index contributed by atoms with van der Waals surface area (Å²) in [4.78, 5) is 19.2. The summed E-state index contributed by atoms with van der Waals surface area (Å²) >= 11 is 0. The van der Waals surface area contributed by atoms with Crippen molar-refractivity contribution in [3.8, 4) is 23.1 Å². The molecule has 1 saturated heterocycles. The van der Waals surface area contributed by atoms with Gasteiger partial charge < -0.3 is 14.8 Å². The monoisotopic (exact) mass is 452 g/mol. The van der Waals surface area contributed by atoms with Crippen LogP contribution in [0.2, 0.25) is 0 Å². The van der Waals surface area contributed by atoms with E-state index in [1.54, 1.807) is 13.3 Å². The lowest BCUT2D eigenvalue weighted by Crippen LogP contribution is -2.28. The lowest BCUT2D eigenvalue weighted by Gasteiger charge is -2.23. The van der Waals surface area contributed by atoms with Crippen LogP contribution in [0.4, 0.5) is 5.95 Å². The van der Waals surface area contributed by atoms with E-state index in [1.165, 1.54) is 0 Å². The van der Waals surface area contributed by atoms with Gasteiger partial charge in [0.1, 0.15) is 17.3 Å². The zero-order valence-electron chi connectivity index (χ0n) is 18.8. The second kappa shape index (κ2) is 8.72. The molecule has 2 aromatic carbocycles. The first kappa shape index (κ1) is 20.6. The minimum Gasteiger partial charge on any atom is -0.497 e. The predicted octanol–water partition coefficient (Wildman–Crippen LogP) is 4.63. The molecule has 8 nitrogen and oxygen atoms in total. The maximum atomic E-state index is 5.47. The van der Waals surface area contributed by atoms with Crippen molar-refractivity contribution < 1.29 is 9.47 Å². The van der Waals surface area contributed by atoms with Crippen molar-refractivity contribution >= 4 is 27.9 Å². The molecule has 5 aromatic rings. The summed E-state index contributed by atoms with van der Waals surface area (Å²) in [6.45, 7) is 1.51. The molecule has 0 spiro atoms.